The van der Waals surface area contributed by atoms with Gasteiger partial charge in [-0.3, -0.25) is 4.79 Å². The summed E-state index contributed by atoms with van der Waals surface area (Å²) in [6.45, 7) is 5.85. The maximum Gasteiger partial charge on any atom is 0.174 e. The lowest BCUT2D eigenvalue weighted by molar-refractivity contribution is 0.0504. The molecule has 2 rings (SSSR count). The molecule has 0 saturated carbocycles. The van der Waals surface area contributed by atoms with Crippen LogP contribution in [0.5, 0.6) is 0 Å². The number of carbonyl (C=O) groups excluding carboxylic acids is 1. The van der Waals surface area contributed by atoms with Gasteiger partial charge in [0.1, 0.15) is 6.29 Å². The summed E-state index contributed by atoms with van der Waals surface area (Å²) < 4.78 is 0. The van der Waals surface area contributed by atoms with E-state index in [0.29, 0.717) is 11.4 Å². The zero-order valence-electron chi connectivity index (χ0n) is 9.73. The number of amidine groups is 1. The molecule has 1 atom stereocenters. The number of nitrogens with zero attached hydrogens (tertiary/aromatic N) is 1. The van der Waals surface area contributed by atoms with Gasteiger partial charge in [-0.05, 0) is 6.92 Å². The summed E-state index contributed by atoms with van der Waals surface area (Å²) in [6.07, 6.45) is 0.656. The van der Waals surface area contributed by atoms with Gasteiger partial charge in [-0.15, -0.1) is 0 Å². The normalized spacial score (nSPS) is 17.9. The summed E-state index contributed by atoms with van der Waals surface area (Å²) in [6, 6.07) is 7.15. The second-order valence-corrected chi connectivity index (χ2v) is 3.04. The van der Waals surface area contributed by atoms with E-state index in [1.807, 2.05) is 32.9 Å². The maximum atomic E-state index is 10.4. The van der Waals surface area contributed by atoms with E-state index >= 15 is 0 Å². The van der Waals surface area contributed by atoms with Crippen molar-refractivity contribution in [2.45, 2.75) is 27.0 Å². The molecule has 16 heavy (non-hydrogen) atoms. The monoisotopic (exact) mass is 220 g/mol. The molecule has 4 nitrogen and oxygen atoms in total. The van der Waals surface area contributed by atoms with Gasteiger partial charge in [0.15, 0.2) is 12.1 Å². The molecule has 1 aromatic carbocycles. The molecule has 1 aliphatic rings. The minimum absolute atomic E-state index is 0.157. The Balaban J connectivity index is 0.000000606. The zero-order valence-corrected chi connectivity index (χ0v) is 9.73. The standard InChI is InChI=1S/C10H10N2O2.C2H6/c1-7-11-10(12-14-7)9-4-2-8(6-13)3-5-9;1-2/h2-7H,1H3,(H,11,12);1-2H3. The molecule has 0 radical (unpaired) electrons. The number of benzene rings is 1. The molecule has 0 aliphatic carbocycles. The molecule has 0 saturated heterocycles. The first-order valence-electron chi connectivity index (χ1n) is 5.34. The molecule has 0 spiro atoms. The fraction of sp³-hybridized carbons (Fsp3) is 0.333. The van der Waals surface area contributed by atoms with Gasteiger partial charge in [0.25, 0.3) is 0 Å². The molecular weight excluding hydrogens is 204 g/mol. The smallest absolute Gasteiger partial charge is 0.174 e. The van der Waals surface area contributed by atoms with E-state index in [0.717, 1.165) is 11.8 Å². The topological polar surface area (TPSA) is 50.7 Å². The van der Waals surface area contributed by atoms with Crippen molar-refractivity contribution in [3.63, 3.8) is 0 Å². The first-order valence-corrected chi connectivity index (χ1v) is 5.34. The SMILES string of the molecule is CC.CC1N=C(c2ccc(C=O)cc2)NO1. The third kappa shape index (κ3) is 2.90. The van der Waals surface area contributed by atoms with Gasteiger partial charge < -0.3 is 0 Å². The highest BCUT2D eigenvalue weighted by atomic mass is 16.7. The van der Waals surface area contributed by atoms with Crippen molar-refractivity contribution in [2.75, 3.05) is 0 Å². The van der Waals surface area contributed by atoms with Crippen molar-refractivity contribution in [1.82, 2.24) is 5.48 Å². The second-order valence-electron chi connectivity index (χ2n) is 3.04. The number of hydroxylamine groups is 1. The average Bonchev–Trinajstić information content (AvgIpc) is 2.79. The number of hydrogen-bond acceptors (Lipinski definition) is 4. The lowest BCUT2D eigenvalue weighted by atomic mass is 10.1. The molecule has 1 aliphatic heterocycles. The van der Waals surface area contributed by atoms with Crippen molar-refractivity contribution < 1.29 is 9.63 Å². The number of carbonyl (C=O) groups is 1. The van der Waals surface area contributed by atoms with Crippen LogP contribution in [0.25, 0.3) is 0 Å². The van der Waals surface area contributed by atoms with Gasteiger partial charge in [-0.1, -0.05) is 38.1 Å². The highest BCUT2D eigenvalue weighted by Gasteiger charge is 2.13. The number of aldehydes is 1. The van der Waals surface area contributed by atoms with Crippen molar-refractivity contribution in [2.24, 2.45) is 4.99 Å². The molecule has 0 amide bonds. The van der Waals surface area contributed by atoms with E-state index in [1.165, 1.54) is 0 Å². The quantitative estimate of drug-likeness (QED) is 0.777. The Labute approximate surface area is 95.3 Å². The van der Waals surface area contributed by atoms with E-state index in [4.69, 9.17) is 4.84 Å². The number of aliphatic imine (C=N–C) groups is 1. The van der Waals surface area contributed by atoms with Gasteiger partial charge in [-0.25, -0.2) is 15.3 Å². The molecule has 4 heteroatoms. The Morgan fingerprint density at radius 1 is 1.31 bits per heavy atom. The fourth-order valence-corrected chi connectivity index (χ4v) is 1.23. The van der Waals surface area contributed by atoms with Crippen LogP contribution < -0.4 is 5.48 Å². The molecule has 0 aromatic heterocycles. The predicted molar refractivity (Wildman–Crippen MR) is 63.4 cm³/mol. The van der Waals surface area contributed by atoms with Gasteiger partial charge in [0, 0.05) is 11.1 Å². The lowest BCUT2D eigenvalue weighted by Crippen LogP contribution is -2.18. The number of hydrogen-bond donors (Lipinski definition) is 1. The summed E-state index contributed by atoms with van der Waals surface area (Å²) in [7, 11) is 0. The van der Waals surface area contributed by atoms with Crippen LogP contribution in [0.1, 0.15) is 36.7 Å². The molecule has 1 aromatic rings. The molecule has 1 N–H and O–H groups in total. The van der Waals surface area contributed by atoms with Crippen molar-refractivity contribution in [3.05, 3.63) is 35.4 Å². The van der Waals surface area contributed by atoms with E-state index in [9.17, 15) is 4.79 Å². The van der Waals surface area contributed by atoms with E-state index in [1.54, 1.807) is 12.1 Å². The van der Waals surface area contributed by atoms with Crippen LogP contribution in [0.3, 0.4) is 0 Å². The first kappa shape index (κ1) is 12.4. The van der Waals surface area contributed by atoms with Crippen LogP contribution in [-0.4, -0.2) is 18.3 Å². The summed E-state index contributed by atoms with van der Waals surface area (Å²) >= 11 is 0. The second kappa shape index (κ2) is 6.02. The minimum atomic E-state index is -0.157. The van der Waals surface area contributed by atoms with E-state index in [2.05, 4.69) is 10.5 Å². The Kier molecular flexibility index (Phi) is 4.66. The van der Waals surface area contributed by atoms with Crippen LogP contribution in [-0.2, 0) is 4.84 Å². The van der Waals surface area contributed by atoms with Crippen LogP contribution in [0.2, 0.25) is 0 Å². The summed E-state index contributed by atoms with van der Waals surface area (Å²) in [4.78, 5) is 19.7. The molecular formula is C12H16N2O2. The molecule has 0 fully saturated rings. The van der Waals surface area contributed by atoms with Gasteiger partial charge in [0.2, 0.25) is 0 Å². The van der Waals surface area contributed by atoms with Crippen LogP contribution in [0.15, 0.2) is 29.3 Å². The molecule has 0 bridgehead atoms. The van der Waals surface area contributed by atoms with E-state index < -0.39 is 0 Å². The number of nitrogens with one attached hydrogen (secondary N) is 1. The minimum Gasteiger partial charge on any atom is -0.298 e. The number of rotatable bonds is 2. The Morgan fingerprint density at radius 2 is 1.94 bits per heavy atom. The van der Waals surface area contributed by atoms with Gasteiger partial charge >= 0.3 is 0 Å². The summed E-state index contributed by atoms with van der Waals surface area (Å²) in [5, 5.41) is 0. The Hall–Kier alpha value is -1.68. The fourth-order valence-electron chi connectivity index (χ4n) is 1.23. The maximum absolute atomic E-state index is 10.4. The van der Waals surface area contributed by atoms with Crippen LogP contribution in [0, 0.1) is 0 Å². The molecule has 1 heterocycles. The summed E-state index contributed by atoms with van der Waals surface area (Å²) in [5.74, 6) is 0.704. The summed E-state index contributed by atoms with van der Waals surface area (Å²) in [5.41, 5.74) is 4.29. The highest BCUT2D eigenvalue weighted by molar-refractivity contribution is 5.99. The Morgan fingerprint density at radius 3 is 2.38 bits per heavy atom. The highest BCUT2D eigenvalue weighted by Crippen LogP contribution is 2.08. The van der Waals surface area contributed by atoms with Crippen LogP contribution in [0.4, 0.5) is 0 Å². The first-order chi connectivity index (χ1) is 7.79. The van der Waals surface area contributed by atoms with Crippen molar-refractivity contribution in [1.29, 1.82) is 0 Å². The van der Waals surface area contributed by atoms with Crippen LogP contribution >= 0.6 is 0 Å². The Bertz CT molecular complexity index is 371. The largest absolute Gasteiger partial charge is 0.298 e. The zero-order chi connectivity index (χ0) is 12.0. The third-order valence-electron chi connectivity index (χ3n) is 1.96. The third-order valence-corrected chi connectivity index (χ3v) is 1.96. The van der Waals surface area contributed by atoms with Gasteiger partial charge in [0.05, 0.1) is 0 Å². The lowest BCUT2D eigenvalue weighted by Gasteiger charge is -2.00. The van der Waals surface area contributed by atoms with Crippen molar-refractivity contribution >= 4 is 12.1 Å². The molecule has 86 valence electrons. The van der Waals surface area contributed by atoms with Gasteiger partial charge in [-0.2, -0.15) is 0 Å². The van der Waals surface area contributed by atoms with Crippen molar-refractivity contribution in [3.8, 4) is 0 Å². The average molecular weight is 220 g/mol. The van der Waals surface area contributed by atoms with E-state index in [-0.39, 0.29) is 6.23 Å². The molecule has 1 unspecified atom stereocenters. The predicted octanol–water partition coefficient (Wildman–Crippen LogP) is 2.15.